The second-order valence-corrected chi connectivity index (χ2v) is 13.5. The lowest BCUT2D eigenvalue weighted by atomic mass is 9.96. The molecule has 0 radical (unpaired) electrons. The summed E-state index contributed by atoms with van der Waals surface area (Å²) in [5.41, 5.74) is 7.38. The largest absolute Gasteiger partial charge is 0.490 e. The van der Waals surface area contributed by atoms with Crippen LogP contribution >= 0.6 is 34.5 Å². The maximum Gasteiger partial charge on any atom is 0.259 e. The average molecular weight is 676 g/mol. The van der Waals surface area contributed by atoms with Crippen molar-refractivity contribution in [3.8, 4) is 11.5 Å². The molecular weight excluding hydrogens is 635 g/mol. The summed E-state index contributed by atoms with van der Waals surface area (Å²) in [4.78, 5) is 20.2. The number of halogens is 2. The van der Waals surface area contributed by atoms with Crippen molar-refractivity contribution in [3.63, 3.8) is 0 Å². The topological polar surface area (TPSA) is 59.9 Å². The third-order valence-electron chi connectivity index (χ3n) is 8.06. The van der Waals surface area contributed by atoms with Gasteiger partial charge in [0.1, 0.15) is 11.6 Å². The Morgan fingerprint density at radius 2 is 1.80 bits per heavy atom. The van der Waals surface area contributed by atoms with E-state index < -0.39 is 0 Å². The number of aryl methyl sites for hydroxylation is 3. The predicted molar refractivity (Wildman–Crippen MR) is 194 cm³/mol. The number of rotatable bonds is 11. The first-order valence-corrected chi connectivity index (χ1v) is 17.4. The van der Waals surface area contributed by atoms with Crippen molar-refractivity contribution in [3.05, 3.63) is 115 Å². The predicted octanol–water partition coefficient (Wildman–Crippen LogP) is 11.0. The monoisotopic (exact) mass is 674 g/mol. The highest BCUT2D eigenvalue weighted by Gasteiger charge is 2.25. The van der Waals surface area contributed by atoms with E-state index in [0.717, 1.165) is 69.8 Å². The van der Waals surface area contributed by atoms with Gasteiger partial charge in [0, 0.05) is 38.0 Å². The van der Waals surface area contributed by atoms with Gasteiger partial charge in [0.2, 0.25) is 0 Å². The molecule has 1 aliphatic rings. The Hall–Kier alpha value is -3.58. The van der Waals surface area contributed by atoms with Crippen LogP contribution in [0, 0.1) is 13.8 Å². The van der Waals surface area contributed by atoms with Gasteiger partial charge < -0.3 is 14.8 Å². The third-order valence-corrected chi connectivity index (χ3v) is 9.84. The first kappa shape index (κ1) is 33.8. The lowest BCUT2D eigenvalue weighted by Gasteiger charge is -2.17. The number of hydrogen-bond acceptors (Lipinski definition) is 5. The molecule has 0 atom stereocenters. The van der Waals surface area contributed by atoms with Gasteiger partial charge in [-0.05, 0) is 105 Å². The molecule has 0 fully saturated rings. The van der Waals surface area contributed by atoms with Gasteiger partial charge >= 0.3 is 0 Å². The highest BCUT2D eigenvalue weighted by Crippen LogP contribution is 2.40. The van der Waals surface area contributed by atoms with E-state index in [9.17, 15) is 4.79 Å². The fourth-order valence-corrected chi connectivity index (χ4v) is 7.39. The minimum Gasteiger partial charge on any atom is -0.490 e. The van der Waals surface area contributed by atoms with E-state index in [4.69, 9.17) is 37.7 Å². The standard InChI is InChI=1S/C38H40Cl2N2O3S/c1-5-11-27-19-26(20-33(44-6-2)36(27)45-23-28-16-17-29(39)21-31(28)40)22-41-38-35(30-12-9-7-8-10-13-34(30)46-38)37(43)42-32-18-24(3)14-15-25(32)4/h5,14-22H,1,6-13,23H2,2-4H3,(H,42,43). The van der Waals surface area contributed by atoms with Gasteiger partial charge in [-0.25, -0.2) is 4.99 Å². The van der Waals surface area contributed by atoms with Crippen molar-refractivity contribution < 1.29 is 14.3 Å². The number of nitrogens with zero attached hydrogens (tertiary/aromatic N) is 1. The van der Waals surface area contributed by atoms with Crippen LogP contribution in [0.3, 0.4) is 0 Å². The molecule has 3 aromatic carbocycles. The van der Waals surface area contributed by atoms with Gasteiger partial charge in [0.05, 0.1) is 12.2 Å². The molecule has 0 saturated carbocycles. The minimum atomic E-state index is -0.106. The molecular formula is C38H40Cl2N2O3S. The zero-order chi connectivity index (χ0) is 32.6. The molecule has 0 spiro atoms. The molecule has 1 heterocycles. The Labute approximate surface area is 286 Å². The summed E-state index contributed by atoms with van der Waals surface area (Å²) in [6, 6.07) is 15.4. The number of aliphatic imine (C=N–C) groups is 1. The molecule has 0 bridgehead atoms. The van der Waals surface area contributed by atoms with Crippen molar-refractivity contribution in [2.24, 2.45) is 4.99 Å². The average Bonchev–Trinajstić information content (AvgIpc) is 3.34. The van der Waals surface area contributed by atoms with Crippen LogP contribution in [0.5, 0.6) is 11.5 Å². The van der Waals surface area contributed by atoms with Crippen LogP contribution in [-0.4, -0.2) is 18.7 Å². The van der Waals surface area contributed by atoms with Crippen LogP contribution in [0.1, 0.15) is 81.2 Å². The molecule has 240 valence electrons. The van der Waals surface area contributed by atoms with Gasteiger partial charge in [0.25, 0.3) is 5.91 Å². The number of carbonyl (C=O) groups is 1. The molecule has 0 unspecified atom stereocenters. The summed E-state index contributed by atoms with van der Waals surface area (Å²) < 4.78 is 12.4. The van der Waals surface area contributed by atoms with E-state index in [1.165, 1.54) is 17.7 Å². The van der Waals surface area contributed by atoms with E-state index in [-0.39, 0.29) is 12.5 Å². The normalized spacial score (nSPS) is 13.2. The first-order valence-electron chi connectivity index (χ1n) is 15.8. The Morgan fingerprint density at radius 3 is 2.57 bits per heavy atom. The lowest BCUT2D eigenvalue weighted by Crippen LogP contribution is -2.15. The van der Waals surface area contributed by atoms with Crippen molar-refractivity contribution >= 4 is 57.3 Å². The van der Waals surface area contributed by atoms with Crippen LogP contribution in [0.25, 0.3) is 0 Å². The van der Waals surface area contributed by atoms with Crippen LogP contribution in [0.2, 0.25) is 10.0 Å². The summed E-state index contributed by atoms with van der Waals surface area (Å²) in [7, 11) is 0. The van der Waals surface area contributed by atoms with E-state index >= 15 is 0 Å². The van der Waals surface area contributed by atoms with Gasteiger partial charge in [-0.3, -0.25) is 4.79 Å². The lowest BCUT2D eigenvalue weighted by molar-refractivity contribution is 0.102. The molecule has 1 aromatic heterocycles. The number of allylic oxidation sites excluding steroid dienone is 1. The van der Waals surface area contributed by atoms with E-state index in [1.54, 1.807) is 23.5 Å². The van der Waals surface area contributed by atoms with Crippen LogP contribution < -0.4 is 14.8 Å². The number of anilines is 1. The Bertz CT molecular complexity index is 1760. The summed E-state index contributed by atoms with van der Waals surface area (Å²) in [6.45, 7) is 10.7. The zero-order valence-electron chi connectivity index (χ0n) is 26.7. The van der Waals surface area contributed by atoms with Crippen molar-refractivity contribution in [2.75, 3.05) is 11.9 Å². The number of carbonyl (C=O) groups excluding carboxylic acids is 1. The summed E-state index contributed by atoms with van der Waals surface area (Å²) >= 11 is 14.1. The van der Waals surface area contributed by atoms with Gasteiger partial charge in [-0.2, -0.15) is 0 Å². The zero-order valence-corrected chi connectivity index (χ0v) is 29.0. The number of nitrogens with one attached hydrogen (secondary N) is 1. The third kappa shape index (κ3) is 8.22. The number of thiophene rings is 1. The molecule has 46 heavy (non-hydrogen) atoms. The SMILES string of the molecule is C=CCc1cc(C=Nc2sc3c(c2C(=O)Nc2cc(C)ccc2C)CCCCCC3)cc(OCC)c1OCc1ccc(Cl)cc1Cl. The highest BCUT2D eigenvalue weighted by atomic mass is 35.5. The molecule has 4 aromatic rings. The van der Waals surface area contributed by atoms with Crippen LogP contribution in [0.4, 0.5) is 10.7 Å². The van der Waals surface area contributed by atoms with Gasteiger partial charge in [0.15, 0.2) is 11.5 Å². The van der Waals surface area contributed by atoms with Crippen molar-refractivity contribution in [2.45, 2.75) is 72.3 Å². The number of benzene rings is 3. The molecule has 0 saturated heterocycles. The smallest absolute Gasteiger partial charge is 0.259 e. The Kier molecular flexibility index (Phi) is 11.6. The molecule has 1 amide bonds. The fraction of sp³-hybridized carbons (Fsp3) is 0.316. The first-order chi connectivity index (χ1) is 22.3. The number of amides is 1. The Balaban J connectivity index is 1.50. The summed E-state index contributed by atoms with van der Waals surface area (Å²) in [6.07, 6.45) is 10.7. The van der Waals surface area contributed by atoms with E-state index in [2.05, 4.69) is 18.0 Å². The van der Waals surface area contributed by atoms with Crippen molar-refractivity contribution in [1.82, 2.24) is 0 Å². The van der Waals surface area contributed by atoms with Crippen LogP contribution in [-0.2, 0) is 25.9 Å². The van der Waals surface area contributed by atoms with E-state index in [1.807, 2.05) is 63.4 Å². The maximum absolute atomic E-state index is 14.0. The summed E-state index contributed by atoms with van der Waals surface area (Å²) in [5.74, 6) is 1.14. The number of ether oxygens (including phenoxy) is 2. The molecule has 8 heteroatoms. The fourth-order valence-electron chi connectivity index (χ4n) is 5.70. The quantitative estimate of drug-likeness (QED) is 0.127. The molecule has 1 aliphatic carbocycles. The maximum atomic E-state index is 14.0. The van der Waals surface area contributed by atoms with Gasteiger partial charge in [-0.15, -0.1) is 17.9 Å². The second kappa shape index (κ2) is 15.8. The molecule has 1 N–H and O–H groups in total. The summed E-state index contributed by atoms with van der Waals surface area (Å²) in [5, 5.41) is 5.05. The molecule has 5 nitrogen and oxygen atoms in total. The van der Waals surface area contributed by atoms with Gasteiger partial charge in [-0.1, -0.05) is 60.3 Å². The van der Waals surface area contributed by atoms with E-state index in [0.29, 0.717) is 40.1 Å². The number of fused-ring (bicyclic) bond motifs is 1. The number of hydrogen-bond donors (Lipinski definition) is 1. The Morgan fingerprint density at radius 1 is 1.00 bits per heavy atom. The minimum absolute atomic E-state index is 0.106. The molecule has 0 aliphatic heterocycles. The second-order valence-electron chi connectivity index (χ2n) is 11.6. The van der Waals surface area contributed by atoms with Crippen LogP contribution in [0.15, 0.2) is 66.2 Å². The highest BCUT2D eigenvalue weighted by molar-refractivity contribution is 7.16. The van der Waals surface area contributed by atoms with Crippen molar-refractivity contribution in [1.29, 1.82) is 0 Å². The molecule has 5 rings (SSSR count).